The van der Waals surface area contributed by atoms with Crippen molar-refractivity contribution in [2.75, 3.05) is 0 Å². The smallest absolute Gasteiger partial charge is 0.304 e. The van der Waals surface area contributed by atoms with Gasteiger partial charge in [0, 0.05) is 12.4 Å². The van der Waals surface area contributed by atoms with Gasteiger partial charge < -0.3 is 5.11 Å². The summed E-state index contributed by atoms with van der Waals surface area (Å²) in [5, 5.41) is 8.44. The molecule has 76 valence electrons. The van der Waals surface area contributed by atoms with Crippen molar-refractivity contribution in [3.8, 4) is 0 Å². The number of halogens is 2. The zero-order valence-electron chi connectivity index (χ0n) is 7.23. The van der Waals surface area contributed by atoms with Gasteiger partial charge >= 0.3 is 5.97 Å². The quantitative estimate of drug-likeness (QED) is 0.809. The topological polar surface area (TPSA) is 50.2 Å². The first kappa shape index (κ1) is 10.6. The SMILES string of the molecule is O=C(O)CC(c1cccnc1)C(F)F. The lowest BCUT2D eigenvalue weighted by molar-refractivity contribution is -0.138. The highest BCUT2D eigenvalue weighted by Gasteiger charge is 2.25. The number of carboxylic acids is 1. The Morgan fingerprint density at radius 3 is 2.71 bits per heavy atom. The van der Waals surface area contributed by atoms with E-state index in [2.05, 4.69) is 4.98 Å². The average molecular weight is 201 g/mol. The van der Waals surface area contributed by atoms with Gasteiger partial charge in [-0.2, -0.15) is 0 Å². The number of carboxylic acid groups (broad SMARTS) is 1. The molecule has 0 amide bonds. The Kier molecular flexibility index (Phi) is 3.50. The van der Waals surface area contributed by atoms with Gasteiger partial charge in [-0.25, -0.2) is 8.78 Å². The second-order valence-corrected chi connectivity index (χ2v) is 2.83. The van der Waals surface area contributed by atoms with Crippen molar-refractivity contribution in [2.45, 2.75) is 18.8 Å². The summed E-state index contributed by atoms with van der Waals surface area (Å²) >= 11 is 0. The third-order valence-corrected chi connectivity index (χ3v) is 1.81. The molecule has 1 heterocycles. The van der Waals surface area contributed by atoms with E-state index >= 15 is 0 Å². The Bertz CT molecular complexity index is 303. The van der Waals surface area contributed by atoms with Crippen molar-refractivity contribution in [3.63, 3.8) is 0 Å². The Morgan fingerprint density at radius 1 is 1.57 bits per heavy atom. The Hall–Kier alpha value is -1.52. The summed E-state index contributed by atoms with van der Waals surface area (Å²) in [7, 11) is 0. The van der Waals surface area contributed by atoms with Crippen molar-refractivity contribution in [2.24, 2.45) is 0 Å². The zero-order valence-corrected chi connectivity index (χ0v) is 7.23. The van der Waals surface area contributed by atoms with Crippen LogP contribution < -0.4 is 0 Å². The molecule has 0 aliphatic rings. The molecule has 0 fully saturated rings. The maximum absolute atomic E-state index is 12.5. The van der Waals surface area contributed by atoms with E-state index in [9.17, 15) is 13.6 Å². The van der Waals surface area contributed by atoms with Crippen LogP contribution in [-0.4, -0.2) is 22.5 Å². The summed E-state index contributed by atoms with van der Waals surface area (Å²) in [5.41, 5.74) is 0.255. The van der Waals surface area contributed by atoms with Crippen LogP contribution in [0, 0.1) is 0 Å². The lowest BCUT2D eigenvalue weighted by atomic mass is 9.98. The van der Waals surface area contributed by atoms with Gasteiger partial charge in [-0.1, -0.05) is 6.07 Å². The molecule has 0 bridgehead atoms. The highest BCUT2D eigenvalue weighted by molar-refractivity contribution is 5.68. The first-order valence-corrected chi connectivity index (χ1v) is 4.01. The van der Waals surface area contributed by atoms with E-state index in [0.717, 1.165) is 0 Å². The lowest BCUT2D eigenvalue weighted by Crippen LogP contribution is -2.14. The van der Waals surface area contributed by atoms with Gasteiger partial charge in [-0.15, -0.1) is 0 Å². The third kappa shape index (κ3) is 2.76. The highest BCUT2D eigenvalue weighted by atomic mass is 19.3. The van der Waals surface area contributed by atoms with Gasteiger partial charge in [0.15, 0.2) is 0 Å². The first-order valence-electron chi connectivity index (χ1n) is 4.01. The van der Waals surface area contributed by atoms with Gasteiger partial charge in [-0.05, 0) is 11.6 Å². The predicted octanol–water partition coefficient (Wildman–Crippen LogP) is 1.91. The van der Waals surface area contributed by atoms with Crippen LogP contribution in [0.4, 0.5) is 8.78 Å². The van der Waals surface area contributed by atoms with Crippen molar-refractivity contribution in [1.82, 2.24) is 4.98 Å². The van der Waals surface area contributed by atoms with Crippen LogP contribution in [0.2, 0.25) is 0 Å². The summed E-state index contributed by atoms with van der Waals surface area (Å²) in [4.78, 5) is 14.0. The van der Waals surface area contributed by atoms with E-state index in [1.54, 1.807) is 0 Å². The largest absolute Gasteiger partial charge is 0.481 e. The van der Waals surface area contributed by atoms with E-state index in [1.807, 2.05) is 0 Å². The third-order valence-electron chi connectivity index (χ3n) is 1.81. The lowest BCUT2D eigenvalue weighted by Gasteiger charge is -2.12. The number of hydrogen-bond donors (Lipinski definition) is 1. The summed E-state index contributed by atoms with van der Waals surface area (Å²) in [6, 6.07) is 2.96. The number of pyridine rings is 1. The molecule has 5 heteroatoms. The zero-order chi connectivity index (χ0) is 10.6. The van der Waals surface area contributed by atoms with Crippen LogP contribution in [0.5, 0.6) is 0 Å². The minimum Gasteiger partial charge on any atom is -0.481 e. The summed E-state index contributed by atoms with van der Waals surface area (Å²) in [5.74, 6) is -2.51. The van der Waals surface area contributed by atoms with Crippen molar-refractivity contribution in [1.29, 1.82) is 0 Å². The number of nitrogens with zero attached hydrogens (tertiary/aromatic N) is 1. The molecule has 1 aromatic heterocycles. The molecule has 1 unspecified atom stereocenters. The molecule has 1 aromatic rings. The fourth-order valence-corrected chi connectivity index (χ4v) is 1.14. The van der Waals surface area contributed by atoms with Gasteiger partial charge in [0.2, 0.25) is 6.43 Å². The normalized spacial score (nSPS) is 12.8. The van der Waals surface area contributed by atoms with Crippen molar-refractivity contribution >= 4 is 5.97 Å². The number of aromatic nitrogens is 1. The van der Waals surface area contributed by atoms with E-state index < -0.39 is 24.7 Å². The van der Waals surface area contributed by atoms with Crippen LogP contribution >= 0.6 is 0 Å². The number of rotatable bonds is 4. The van der Waals surface area contributed by atoms with Crippen LogP contribution in [0.3, 0.4) is 0 Å². The number of carbonyl (C=O) groups is 1. The van der Waals surface area contributed by atoms with Crippen LogP contribution in [0.25, 0.3) is 0 Å². The minimum absolute atomic E-state index is 0.255. The number of alkyl halides is 2. The highest BCUT2D eigenvalue weighted by Crippen LogP contribution is 2.25. The molecular weight excluding hydrogens is 192 g/mol. The molecular formula is C9H9F2NO2. The molecule has 0 saturated heterocycles. The van der Waals surface area contributed by atoms with Gasteiger partial charge in [0.25, 0.3) is 0 Å². The molecule has 0 saturated carbocycles. The summed E-state index contributed by atoms with van der Waals surface area (Å²) in [6.07, 6.45) is -0.550. The molecule has 3 nitrogen and oxygen atoms in total. The van der Waals surface area contributed by atoms with E-state index in [4.69, 9.17) is 5.11 Å². The maximum atomic E-state index is 12.5. The molecule has 0 aliphatic carbocycles. The molecule has 14 heavy (non-hydrogen) atoms. The van der Waals surface area contributed by atoms with Crippen LogP contribution in [0.15, 0.2) is 24.5 Å². The van der Waals surface area contributed by atoms with Crippen LogP contribution in [0.1, 0.15) is 17.9 Å². The maximum Gasteiger partial charge on any atom is 0.304 e. The van der Waals surface area contributed by atoms with Crippen molar-refractivity contribution < 1.29 is 18.7 Å². The molecule has 1 N–H and O–H groups in total. The van der Waals surface area contributed by atoms with Gasteiger partial charge in [-0.3, -0.25) is 9.78 Å². The molecule has 1 atom stereocenters. The average Bonchev–Trinajstić information content (AvgIpc) is 2.15. The molecule has 0 aliphatic heterocycles. The Labute approximate surface area is 79.4 Å². The van der Waals surface area contributed by atoms with E-state index in [-0.39, 0.29) is 5.56 Å². The fraction of sp³-hybridized carbons (Fsp3) is 0.333. The number of aliphatic carboxylic acids is 1. The minimum atomic E-state index is -2.68. The second kappa shape index (κ2) is 4.64. The van der Waals surface area contributed by atoms with Crippen molar-refractivity contribution in [3.05, 3.63) is 30.1 Å². The molecule has 0 aromatic carbocycles. The molecule has 0 radical (unpaired) electrons. The summed E-state index contributed by atoms with van der Waals surface area (Å²) in [6.45, 7) is 0. The monoisotopic (exact) mass is 201 g/mol. The predicted molar refractivity (Wildman–Crippen MR) is 45.2 cm³/mol. The standard InChI is InChI=1S/C9H9F2NO2/c10-9(11)7(4-8(13)14)6-2-1-3-12-5-6/h1-3,5,7,9H,4H2,(H,13,14). The van der Waals surface area contributed by atoms with E-state index in [1.165, 1.54) is 24.5 Å². The molecule has 0 spiro atoms. The van der Waals surface area contributed by atoms with E-state index in [0.29, 0.717) is 0 Å². The second-order valence-electron chi connectivity index (χ2n) is 2.83. The Morgan fingerprint density at radius 2 is 2.29 bits per heavy atom. The Balaban J connectivity index is 2.83. The fourth-order valence-electron chi connectivity index (χ4n) is 1.14. The first-order chi connectivity index (χ1) is 6.61. The van der Waals surface area contributed by atoms with Gasteiger partial charge in [0.05, 0.1) is 12.3 Å². The van der Waals surface area contributed by atoms with Gasteiger partial charge in [0.1, 0.15) is 0 Å². The molecule has 1 rings (SSSR count). The number of hydrogen-bond acceptors (Lipinski definition) is 2. The van der Waals surface area contributed by atoms with Crippen LogP contribution in [-0.2, 0) is 4.79 Å². The summed E-state index contributed by atoms with van der Waals surface area (Å²) < 4.78 is 24.9.